The molecule has 1 atom stereocenters. The van der Waals surface area contributed by atoms with Gasteiger partial charge in [0.2, 0.25) is 0 Å². The predicted molar refractivity (Wildman–Crippen MR) is 128 cm³/mol. The van der Waals surface area contributed by atoms with Crippen LogP contribution in [-0.4, -0.2) is 29.9 Å². The van der Waals surface area contributed by atoms with Crippen molar-refractivity contribution in [2.24, 2.45) is 0 Å². The number of aliphatic hydroxyl groups is 1. The molecule has 0 bridgehead atoms. The number of benzene rings is 3. The van der Waals surface area contributed by atoms with Crippen LogP contribution in [-0.2, 0) is 9.59 Å². The number of Topliss-reactive ketones (excluding diaryl/α,β-unsaturated/α-hetero) is 1. The Hall–Kier alpha value is -3.86. The lowest BCUT2D eigenvalue weighted by Gasteiger charge is -2.26. The molecule has 1 unspecified atom stereocenters. The fraction of sp³-hybridized carbons (Fsp3) is 0.185. The largest absolute Gasteiger partial charge is 0.507 e. The Bertz CT molecular complexity index is 1130. The van der Waals surface area contributed by atoms with Crippen molar-refractivity contribution in [1.82, 2.24) is 0 Å². The number of hydrogen-bond donors (Lipinski definition) is 1. The summed E-state index contributed by atoms with van der Waals surface area (Å²) in [7, 11) is 0. The second kappa shape index (κ2) is 9.10. The molecule has 0 saturated carbocycles. The van der Waals surface area contributed by atoms with Crippen LogP contribution in [0.2, 0.25) is 0 Å². The quantitative estimate of drug-likeness (QED) is 0.336. The van der Waals surface area contributed by atoms with E-state index in [1.807, 2.05) is 48.5 Å². The summed E-state index contributed by atoms with van der Waals surface area (Å²) in [5, 5.41) is 11.1. The highest BCUT2D eigenvalue weighted by atomic mass is 16.3. The van der Waals surface area contributed by atoms with Crippen LogP contribution in [0.15, 0.2) is 90.5 Å². The maximum atomic E-state index is 13.1. The molecule has 1 aliphatic heterocycles. The molecule has 0 spiro atoms. The minimum atomic E-state index is -0.719. The lowest BCUT2D eigenvalue weighted by molar-refractivity contribution is -0.132. The van der Waals surface area contributed by atoms with Crippen molar-refractivity contribution in [1.29, 1.82) is 0 Å². The van der Waals surface area contributed by atoms with Crippen LogP contribution in [0, 0.1) is 0 Å². The SMILES string of the molecule is CCN(CC)c1ccc(C2/C(=C(/O)c3ccccc3)C(=O)C(=O)N2c2ccccc2)cc1. The molecule has 5 heteroatoms. The monoisotopic (exact) mass is 426 g/mol. The summed E-state index contributed by atoms with van der Waals surface area (Å²) in [6.45, 7) is 5.96. The van der Waals surface area contributed by atoms with Gasteiger partial charge in [-0.15, -0.1) is 0 Å². The zero-order valence-electron chi connectivity index (χ0n) is 18.2. The topological polar surface area (TPSA) is 60.9 Å². The van der Waals surface area contributed by atoms with E-state index in [4.69, 9.17) is 0 Å². The third-order valence-corrected chi connectivity index (χ3v) is 5.86. The number of aliphatic hydroxyl groups excluding tert-OH is 1. The Kier molecular flexibility index (Phi) is 6.08. The molecule has 3 aromatic rings. The molecule has 4 rings (SSSR count). The van der Waals surface area contributed by atoms with Gasteiger partial charge in [0.25, 0.3) is 11.7 Å². The normalized spacial score (nSPS) is 17.6. The summed E-state index contributed by atoms with van der Waals surface area (Å²) >= 11 is 0. The van der Waals surface area contributed by atoms with Crippen molar-refractivity contribution in [3.05, 3.63) is 102 Å². The molecule has 0 aromatic heterocycles. The summed E-state index contributed by atoms with van der Waals surface area (Å²) < 4.78 is 0. The fourth-order valence-corrected chi connectivity index (χ4v) is 4.21. The van der Waals surface area contributed by atoms with Crippen LogP contribution in [0.4, 0.5) is 11.4 Å². The molecule has 1 amide bonds. The Morgan fingerprint density at radius 3 is 1.97 bits per heavy atom. The molecule has 1 fully saturated rings. The first-order valence-corrected chi connectivity index (χ1v) is 10.8. The highest BCUT2D eigenvalue weighted by Gasteiger charge is 2.46. The van der Waals surface area contributed by atoms with Crippen molar-refractivity contribution in [2.75, 3.05) is 22.9 Å². The Balaban J connectivity index is 1.88. The van der Waals surface area contributed by atoms with Gasteiger partial charge in [-0.25, -0.2) is 0 Å². The molecule has 1 heterocycles. The number of ketones is 1. The van der Waals surface area contributed by atoms with Crippen molar-refractivity contribution >= 4 is 28.8 Å². The van der Waals surface area contributed by atoms with E-state index in [1.54, 1.807) is 36.4 Å². The first-order chi connectivity index (χ1) is 15.6. The van der Waals surface area contributed by atoms with Gasteiger partial charge in [0.15, 0.2) is 0 Å². The second-order valence-electron chi connectivity index (χ2n) is 7.63. The van der Waals surface area contributed by atoms with Gasteiger partial charge in [-0.3, -0.25) is 14.5 Å². The average Bonchev–Trinajstić information content (AvgIpc) is 3.11. The fourth-order valence-electron chi connectivity index (χ4n) is 4.21. The van der Waals surface area contributed by atoms with Gasteiger partial charge in [-0.05, 0) is 43.7 Å². The number of rotatable bonds is 6. The standard InChI is InChI=1S/C27H26N2O3/c1-3-28(4-2)21-17-15-19(16-18-21)24-23(25(30)20-11-7-5-8-12-20)26(31)27(32)29(24)22-13-9-6-10-14-22/h5-18,24,30H,3-4H2,1-2H3/b25-23-. The van der Waals surface area contributed by atoms with Gasteiger partial charge in [0, 0.05) is 30.0 Å². The lowest BCUT2D eigenvalue weighted by atomic mass is 9.95. The molecule has 1 aliphatic rings. The van der Waals surface area contributed by atoms with E-state index in [-0.39, 0.29) is 11.3 Å². The minimum absolute atomic E-state index is 0.0978. The van der Waals surface area contributed by atoms with Crippen LogP contribution in [0.3, 0.4) is 0 Å². The zero-order chi connectivity index (χ0) is 22.7. The molecule has 1 saturated heterocycles. The lowest BCUT2D eigenvalue weighted by Crippen LogP contribution is -2.29. The van der Waals surface area contributed by atoms with E-state index in [9.17, 15) is 14.7 Å². The summed E-state index contributed by atoms with van der Waals surface area (Å²) in [6, 6.07) is 25.1. The van der Waals surface area contributed by atoms with Crippen LogP contribution in [0.25, 0.3) is 5.76 Å². The maximum absolute atomic E-state index is 13.1. The third kappa shape index (κ3) is 3.78. The van der Waals surface area contributed by atoms with Gasteiger partial charge >= 0.3 is 0 Å². The van der Waals surface area contributed by atoms with Gasteiger partial charge in [0.1, 0.15) is 5.76 Å². The number of nitrogens with zero attached hydrogens (tertiary/aromatic N) is 2. The molecule has 5 nitrogen and oxygen atoms in total. The van der Waals surface area contributed by atoms with Crippen LogP contribution in [0.1, 0.15) is 31.0 Å². The number of para-hydroxylation sites is 1. The molecule has 32 heavy (non-hydrogen) atoms. The van der Waals surface area contributed by atoms with Crippen molar-refractivity contribution < 1.29 is 14.7 Å². The minimum Gasteiger partial charge on any atom is -0.507 e. The third-order valence-electron chi connectivity index (χ3n) is 5.86. The van der Waals surface area contributed by atoms with Crippen LogP contribution < -0.4 is 9.80 Å². The molecule has 0 aliphatic carbocycles. The van der Waals surface area contributed by atoms with Gasteiger partial charge in [0.05, 0.1) is 11.6 Å². The predicted octanol–water partition coefficient (Wildman–Crippen LogP) is 5.16. The summed E-state index contributed by atoms with van der Waals surface area (Å²) in [6.07, 6.45) is 0. The Labute approximate surface area is 188 Å². The second-order valence-corrected chi connectivity index (χ2v) is 7.63. The van der Waals surface area contributed by atoms with E-state index < -0.39 is 17.7 Å². The zero-order valence-corrected chi connectivity index (χ0v) is 18.2. The van der Waals surface area contributed by atoms with E-state index in [2.05, 4.69) is 18.7 Å². The highest BCUT2D eigenvalue weighted by Crippen LogP contribution is 2.42. The van der Waals surface area contributed by atoms with Crippen molar-refractivity contribution in [3.8, 4) is 0 Å². The maximum Gasteiger partial charge on any atom is 0.300 e. The molecule has 3 aromatic carbocycles. The highest BCUT2D eigenvalue weighted by molar-refractivity contribution is 6.51. The van der Waals surface area contributed by atoms with Crippen LogP contribution in [0.5, 0.6) is 0 Å². The number of carbonyl (C=O) groups excluding carboxylic acids is 2. The molecular formula is C27H26N2O3. The smallest absolute Gasteiger partial charge is 0.300 e. The number of carbonyl (C=O) groups is 2. The average molecular weight is 427 g/mol. The summed E-state index contributed by atoms with van der Waals surface area (Å²) in [5.41, 5.74) is 3.04. The van der Waals surface area contributed by atoms with Crippen molar-refractivity contribution in [3.63, 3.8) is 0 Å². The van der Waals surface area contributed by atoms with Gasteiger partial charge < -0.3 is 10.0 Å². The summed E-state index contributed by atoms with van der Waals surface area (Å²) in [5.74, 6) is -1.50. The Morgan fingerprint density at radius 1 is 0.844 bits per heavy atom. The molecule has 0 radical (unpaired) electrons. The molecular weight excluding hydrogens is 400 g/mol. The molecule has 1 N–H and O–H groups in total. The van der Waals surface area contributed by atoms with Gasteiger partial charge in [-0.2, -0.15) is 0 Å². The van der Waals surface area contributed by atoms with E-state index in [0.29, 0.717) is 11.3 Å². The van der Waals surface area contributed by atoms with E-state index in [1.165, 1.54) is 4.90 Å². The first kappa shape index (κ1) is 21.4. The van der Waals surface area contributed by atoms with Gasteiger partial charge in [-0.1, -0.05) is 60.7 Å². The first-order valence-electron chi connectivity index (χ1n) is 10.8. The number of hydrogen-bond acceptors (Lipinski definition) is 4. The Morgan fingerprint density at radius 2 is 1.41 bits per heavy atom. The number of anilines is 2. The number of amides is 1. The van der Waals surface area contributed by atoms with Crippen LogP contribution >= 0.6 is 0 Å². The summed E-state index contributed by atoms with van der Waals surface area (Å²) in [4.78, 5) is 30.0. The van der Waals surface area contributed by atoms with E-state index in [0.717, 1.165) is 24.3 Å². The van der Waals surface area contributed by atoms with Crippen molar-refractivity contribution in [2.45, 2.75) is 19.9 Å². The molecule has 162 valence electrons. The van der Waals surface area contributed by atoms with E-state index >= 15 is 0 Å².